The predicted octanol–water partition coefficient (Wildman–Crippen LogP) is 3.34. The van der Waals surface area contributed by atoms with E-state index in [4.69, 9.17) is 0 Å². The smallest absolute Gasteiger partial charge is 0.146 e. The van der Waals surface area contributed by atoms with Crippen molar-refractivity contribution in [1.82, 2.24) is 4.90 Å². The standard InChI is InChI=1S/C13H18BrFN2/c1-17-6-2-3-10(9-17)8-16-13-7-11(14)4-5-12(13)15/h4-5,7,10,16H,2-3,6,8-9H2,1H3. The lowest BCUT2D eigenvalue weighted by atomic mass is 9.98. The van der Waals surface area contributed by atoms with Crippen LogP contribution in [0.2, 0.25) is 0 Å². The van der Waals surface area contributed by atoms with E-state index in [1.807, 2.05) is 0 Å². The summed E-state index contributed by atoms with van der Waals surface area (Å²) in [4.78, 5) is 2.34. The Morgan fingerprint density at radius 3 is 3.12 bits per heavy atom. The van der Waals surface area contributed by atoms with Crippen molar-refractivity contribution in [3.8, 4) is 0 Å². The van der Waals surface area contributed by atoms with Gasteiger partial charge in [-0.15, -0.1) is 0 Å². The second kappa shape index (κ2) is 5.83. The highest BCUT2D eigenvalue weighted by Crippen LogP contribution is 2.21. The zero-order valence-electron chi connectivity index (χ0n) is 10.0. The number of rotatable bonds is 3. The van der Waals surface area contributed by atoms with Gasteiger partial charge in [-0.2, -0.15) is 0 Å². The summed E-state index contributed by atoms with van der Waals surface area (Å²) < 4.78 is 14.4. The van der Waals surface area contributed by atoms with E-state index < -0.39 is 0 Å². The molecule has 0 bridgehead atoms. The molecule has 0 saturated carbocycles. The molecule has 1 fully saturated rings. The zero-order valence-corrected chi connectivity index (χ0v) is 11.6. The Morgan fingerprint density at radius 2 is 2.35 bits per heavy atom. The Hall–Kier alpha value is -0.610. The summed E-state index contributed by atoms with van der Waals surface area (Å²) in [6.07, 6.45) is 2.47. The van der Waals surface area contributed by atoms with Gasteiger partial charge in [0.05, 0.1) is 5.69 Å². The molecule has 2 rings (SSSR count). The van der Waals surface area contributed by atoms with Crippen LogP contribution in [-0.4, -0.2) is 31.6 Å². The molecule has 17 heavy (non-hydrogen) atoms. The van der Waals surface area contributed by atoms with Crippen molar-refractivity contribution in [2.45, 2.75) is 12.8 Å². The summed E-state index contributed by atoms with van der Waals surface area (Å²) in [5, 5.41) is 3.21. The maximum atomic E-state index is 13.5. The number of nitrogens with zero attached hydrogens (tertiary/aromatic N) is 1. The van der Waals surface area contributed by atoms with Gasteiger partial charge in [-0.3, -0.25) is 0 Å². The first-order chi connectivity index (χ1) is 8.15. The van der Waals surface area contributed by atoms with Crippen LogP contribution >= 0.6 is 15.9 Å². The van der Waals surface area contributed by atoms with E-state index >= 15 is 0 Å². The Labute approximate surface area is 110 Å². The molecule has 1 heterocycles. The number of hydrogen-bond acceptors (Lipinski definition) is 2. The molecule has 0 radical (unpaired) electrons. The van der Waals surface area contributed by atoms with Crippen LogP contribution in [0.25, 0.3) is 0 Å². The molecule has 1 aliphatic rings. The minimum Gasteiger partial charge on any atom is -0.382 e. The van der Waals surface area contributed by atoms with E-state index in [0.717, 1.165) is 17.6 Å². The van der Waals surface area contributed by atoms with Gasteiger partial charge in [0.25, 0.3) is 0 Å². The minimum absolute atomic E-state index is 0.183. The molecule has 1 aliphatic heterocycles. The largest absolute Gasteiger partial charge is 0.382 e. The van der Waals surface area contributed by atoms with E-state index in [1.165, 1.54) is 25.5 Å². The number of benzene rings is 1. The van der Waals surface area contributed by atoms with Crippen LogP contribution in [0.5, 0.6) is 0 Å². The Balaban J connectivity index is 1.90. The minimum atomic E-state index is -0.183. The normalized spacial score (nSPS) is 21.5. The molecule has 1 N–H and O–H groups in total. The number of hydrogen-bond donors (Lipinski definition) is 1. The summed E-state index contributed by atoms with van der Waals surface area (Å²) in [6, 6.07) is 5.00. The van der Waals surface area contributed by atoms with Crippen molar-refractivity contribution >= 4 is 21.6 Å². The van der Waals surface area contributed by atoms with Crippen LogP contribution < -0.4 is 5.32 Å². The highest BCUT2D eigenvalue weighted by atomic mass is 79.9. The molecule has 2 nitrogen and oxygen atoms in total. The van der Waals surface area contributed by atoms with Gasteiger partial charge >= 0.3 is 0 Å². The lowest BCUT2D eigenvalue weighted by Gasteiger charge is -2.30. The van der Waals surface area contributed by atoms with Crippen LogP contribution in [0, 0.1) is 11.7 Å². The number of likely N-dealkylation sites (tertiary alicyclic amines) is 1. The van der Waals surface area contributed by atoms with Crippen LogP contribution in [0.1, 0.15) is 12.8 Å². The van der Waals surface area contributed by atoms with E-state index in [1.54, 1.807) is 12.1 Å². The third-order valence-electron chi connectivity index (χ3n) is 3.23. The number of piperidine rings is 1. The highest BCUT2D eigenvalue weighted by molar-refractivity contribution is 9.10. The lowest BCUT2D eigenvalue weighted by Crippen LogP contribution is -2.35. The van der Waals surface area contributed by atoms with Crippen LogP contribution in [0.4, 0.5) is 10.1 Å². The van der Waals surface area contributed by atoms with Crippen molar-refractivity contribution in [1.29, 1.82) is 0 Å². The SMILES string of the molecule is CN1CCCC(CNc2cc(Br)ccc2F)C1. The van der Waals surface area contributed by atoms with Gasteiger partial charge in [0, 0.05) is 17.6 Å². The van der Waals surface area contributed by atoms with Crippen molar-refractivity contribution < 1.29 is 4.39 Å². The van der Waals surface area contributed by atoms with E-state index in [2.05, 4.69) is 33.2 Å². The molecular weight excluding hydrogens is 283 g/mol. The van der Waals surface area contributed by atoms with Gasteiger partial charge in [-0.05, 0) is 50.6 Å². The third-order valence-corrected chi connectivity index (χ3v) is 3.72. The molecule has 0 aliphatic carbocycles. The van der Waals surface area contributed by atoms with Gasteiger partial charge in [-0.25, -0.2) is 4.39 Å². The molecule has 0 amide bonds. The van der Waals surface area contributed by atoms with Crippen molar-refractivity contribution in [2.24, 2.45) is 5.92 Å². The molecule has 1 atom stereocenters. The summed E-state index contributed by atoms with van der Waals surface area (Å²) in [5.74, 6) is 0.435. The maximum Gasteiger partial charge on any atom is 0.146 e. The molecule has 1 unspecified atom stereocenters. The number of anilines is 1. The van der Waals surface area contributed by atoms with E-state index in [0.29, 0.717) is 11.6 Å². The van der Waals surface area contributed by atoms with Gasteiger partial charge in [-0.1, -0.05) is 15.9 Å². The first-order valence-electron chi connectivity index (χ1n) is 6.02. The average Bonchev–Trinajstić information content (AvgIpc) is 2.30. The summed E-state index contributed by atoms with van der Waals surface area (Å²) in [7, 11) is 2.14. The van der Waals surface area contributed by atoms with Gasteiger partial charge in [0.1, 0.15) is 5.82 Å². The fraction of sp³-hybridized carbons (Fsp3) is 0.538. The molecule has 0 spiro atoms. The predicted molar refractivity (Wildman–Crippen MR) is 72.8 cm³/mol. The molecule has 94 valence electrons. The molecule has 0 aromatic heterocycles. The zero-order chi connectivity index (χ0) is 12.3. The Morgan fingerprint density at radius 1 is 1.53 bits per heavy atom. The van der Waals surface area contributed by atoms with Gasteiger partial charge in [0.2, 0.25) is 0 Å². The second-order valence-electron chi connectivity index (χ2n) is 4.78. The molecule has 1 saturated heterocycles. The quantitative estimate of drug-likeness (QED) is 0.921. The molecule has 4 heteroatoms. The van der Waals surface area contributed by atoms with Gasteiger partial charge < -0.3 is 10.2 Å². The van der Waals surface area contributed by atoms with Crippen molar-refractivity contribution in [3.05, 3.63) is 28.5 Å². The topological polar surface area (TPSA) is 15.3 Å². The Bertz CT molecular complexity index is 384. The van der Waals surface area contributed by atoms with E-state index in [9.17, 15) is 4.39 Å². The van der Waals surface area contributed by atoms with Crippen LogP contribution in [0.15, 0.2) is 22.7 Å². The summed E-state index contributed by atoms with van der Waals surface area (Å²) in [6.45, 7) is 3.13. The summed E-state index contributed by atoms with van der Waals surface area (Å²) in [5.41, 5.74) is 0.590. The average molecular weight is 301 g/mol. The maximum absolute atomic E-state index is 13.5. The third kappa shape index (κ3) is 3.68. The van der Waals surface area contributed by atoms with Crippen LogP contribution in [-0.2, 0) is 0 Å². The fourth-order valence-corrected chi connectivity index (χ4v) is 2.69. The van der Waals surface area contributed by atoms with Gasteiger partial charge in [0.15, 0.2) is 0 Å². The van der Waals surface area contributed by atoms with Crippen molar-refractivity contribution in [3.63, 3.8) is 0 Å². The molecule has 1 aromatic carbocycles. The number of halogens is 2. The lowest BCUT2D eigenvalue weighted by molar-refractivity contribution is 0.217. The van der Waals surface area contributed by atoms with Crippen molar-refractivity contribution in [2.75, 3.05) is 32.0 Å². The first kappa shape index (κ1) is 12.8. The number of nitrogens with one attached hydrogen (secondary N) is 1. The monoisotopic (exact) mass is 300 g/mol. The molecular formula is C13H18BrFN2. The van der Waals surface area contributed by atoms with Crippen LogP contribution in [0.3, 0.4) is 0 Å². The first-order valence-corrected chi connectivity index (χ1v) is 6.82. The second-order valence-corrected chi connectivity index (χ2v) is 5.69. The molecule has 1 aromatic rings. The fourth-order valence-electron chi connectivity index (χ4n) is 2.33. The summed E-state index contributed by atoms with van der Waals surface area (Å²) >= 11 is 3.36. The highest BCUT2D eigenvalue weighted by Gasteiger charge is 2.17. The Kier molecular flexibility index (Phi) is 4.40. The van der Waals surface area contributed by atoms with E-state index in [-0.39, 0.29) is 5.82 Å².